The van der Waals surface area contributed by atoms with Crippen LogP contribution in [0, 0.1) is 13.8 Å². The van der Waals surface area contributed by atoms with E-state index in [1.165, 1.54) is 0 Å². The van der Waals surface area contributed by atoms with Crippen molar-refractivity contribution in [3.05, 3.63) is 70.5 Å². The summed E-state index contributed by atoms with van der Waals surface area (Å²) in [4.78, 5) is 16.4. The Morgan fingerprint density at radius 3 is 2.68 bits per heavy atom. The Morgan fingerprint density at radius 1 is 1.19 bits per heavy atom. The number of halogens is 1. The molecule has 0 aliphatic rings. The number of benzene rings is 2. The third-order valence-corrected chi connectivity index (χ3v) is 5.73. The van der Waals surface area contributed by atoms with Gasteiger partial charge in [-0.05, 0) is 75.1 Å². The van der Waals surface area contributed by atoms with Gasteiger partial charge in [-0.2, -0.15) is 0 Å². The average molecular weight is 440 g/mol. The van der Waals surface area contributed by atoms with Crippen LogP contribution in [0.5, 0.6) is 5.75 Å². The third kappa shape index (κ3) is 6.11. The van der Waals surface area contributed by atoms with Crippen molar-refractivity contribution in [2.24, 2.45) is 0 Å². The SMILES string of the molecule is C/C=C\C(=O)NCCCc1nc2ccccc2n1CCCOc1cc(C)c(Cl)c(C)c1. The molecule has 6 heteroatoms. The molecule has 2 aromatic carbocycles. The molecule has 0 atom stereocenters. The van der Waals surface area contributed by atoms with Gasteiger partial charge < -0.3 is 14.6 Å². The number of para-hydroxylation sites is 2. The highest BCUT2D eigenvalue weighted by atomic mass is 35.5. The van der Waals surface area contributed by atoms with Crippen molar-refractivity contribution in [3.63, 3.8) is 0 Å². The van der Waals surface area contributed by atoms with Gasteiger partial charge in [0.1, 0.15) is 11.6 Å². The van der Waals surface area contributed by atoms with Crippen LogP contribution in [0.1, 0.15) is 36.7 Å². The number of hydrogen-bond donors (Lipinski definition) is 1. The van der Waals surface area contributed by atoms with Gasteiger partial charge in [-0.25, -0.2) is 4.98 Å². The second-order valence-corrected chi connectivity index (χ2v) is 8.01. The molecule has 0 unspecified atom stereocenters. The van der Waals surface area contributed by atoms with Crippen LogP contribution >= 0.6 is 11.6 Å². The van der Waals surface area contributed by atoms with E-state index >= 15 is 0 Å². The average Bonchev–Trinajstić information content (AvgIpc) is 3.10. The Labute approximate surface area is 189 Å². The standard InChI is InChI=1S/C25H30ClN3O2/c1-4-9-24(30)27-13-7-12-23-28-21-10-5-6-11-22(21)29(23)14-8-15-31-20-16-18(2)25(26)19(3)17-20/h4-6,9-11,16-17H,7-8,12-15H2,1-3H3,(H,27,30)/b9-4-. The number of ether oxygens (including phenoxy) is 1. The fourth-order valence-electron chi connectivity index (χ4n) is 3.64. The molecule has 1 heterocycles. The van der Waals surface area contributed by atoms with Gasteiger partial charge in [0.05, 0.1) is 17.6 Å². The van der Waals surface area contributed by atoms with Gasteiger partial charge >= 0.3 is 0 Å². The number of hydrogen-bond acceptors (Lipinski definition) is 3. The van der Waals surface area contributed by atoms with Crippen molar-refractivity contribution < 1.29 is 9.53 Å². The number of carbonyl (C=O) groups is 1. The molecule has 0 radical (unpaired) electrons. The predicted octanol–water partition coefficient (Wildman–Crippen LogP) is 5.40. The molecule has 3 aromatic rings. The number of aryl methyl sites for hydroxylation is 4. The number of fused-ring (bicyclic) bond motifs is 1. The van der Waals surface area contributed by atoms with Crippen molar-refractivity contribution in [2.45, 2.75) is 46.6 Å². The summed E-state index contributed by atoms with van der Waals surface area (Å²) in [6, 6.07) is 12.2. The minimum atomic E-state index is -0.0548. The molecule has 0 fully saturated rings. The van der Waals surface area contributed by atoms with Crippen molar-refractivity contribution >= 4 is 28.5 Å². The quantitative estimate of drug-likeness (QED) is 0.340. The van der Waals surface area contributed by atoms with Gasteiger partial charge in [0, 0.05) is 24.5 Å². The van der Waals surface area contributed by atoms with Crippen LogP contribution in [-0.4, -0.2) is 28.6 Å². The summed E-state index contributed by atoms with van der Waals surface area (Å²) in [7, 11) is 0. The van der Waals surface area contributed by atoms with E-state index in [9.17, 15) is 4.79 Å². The van der Waals surface area contributed by atoms with Crippen LogP contribution in [0.15, 0.2) is 48.6 Å². The number of rotatable bonds is 10. The lowest BCUT2D eigenvalue weighted by Crippen LogP contribution is -2.22. The number of allylic oxidation sites excluding steroid dienone is 1. The lowest BCUT2D eigenvalue weighted by molar-refractivity contribution is -0.116. The highest BCUT2D eigenvalue weighted by Crippen LogP contribution is 2.26. The Kier molecular flexibility index (Phi) is 8.13. The molecular weight excluding hydrogens is 410 g/mol. The van der Waals surface area contributed by atoms with Crippen molar-refractivity contribution in [1.82, 2.24) is 14.9 Å². The normalized spacial score (nSPS) is 11.4. The maximum atomic E-state index is 11.6. The Bertz CT molecular complexity index is 1050. The van der Waals surface area contributed by atoms with E-state index in [1.54, 1.807) is 12.2 Å². The molecule has 0 saturated heterocycles. The van der Waals surface area contributed by atoms with Crippen molar-refractivity contribution in [3.8, 4) is 5.75 Å². The highest BCUT2D eigenvalue weighted by Gasteiger charge is 2.10. The van der Waals surface area contributed by atoms with E-state index in [0.717, 1.165) is 64.6 Å². The summed E-state index contributed by atoms with van der Waals surface area (Å²) in [6.45, 7) is 7.89. The van der Waals surface area contributed by atoms with Crippen molar-refractivity contribution in [2.75, 3.05) is 13.2 Å². The monoisotopic (exact) mass is 439 g/mol. The van der Waals surface area contributed by atoms with E-state index < -0.39 is 0 Å². The minimum Gasteiger partial charge on any atom is -0.494 e. The smallest absolute Gasteiger partial charge is 0.243 e. The number of aromatic nitrogens is 2. The molecule has 0 bridgehead atoms. The first-order chi connectivity index (χ1) is 15.0. The number of nitrogens with zero attached hydrogens (tertiary/aromatic N) is 2. The second-order valence-electron chi connectivity index (χ2n) is 7.64. The maximum absolute atomic E-state index is 11.6. The lowest BCUT2D eigenvalue weighted by Gasteiger charge is -2.12. The minimum absolute atomic E-state index is 0.0548. The molecule has 1 aromatic heterocycles. The van der Waals surface area contributed by atoms with Gasteiger partial charge in [-0.15, -0.1) is 0 Å². The summed E-state index contributed by atoms with van der Waals surface area (Å²) >= 11 is 6.24. The first kappa shape index (κ1) is 22.9. The van der Waals surface area contributed by atoms with Crippen LogP contribution in [0.2, 0.25) is 5.02 Å². The zero-order chi connectivity index (χ0) is 22.2. The summed E-state index contributed by atoms with van der Waals surface area (Å²) < 4.78 is 8.24. The van der Waals surface area contributed by atoms with E-state index in [1.807, 2.05) is 51.1 Å². The van der Waals surface area contributed by atoms with Gasteiger partial charge in [0.15, 0.2) is 0 Å². The second kappa shape index (κ2) is 11.0. The lowest BCUT2D eigenvalue weighted by atomic mass is 10.1. The molecule has 1 N–H and O–H groups in total. The molecule has 0 saturated carbocycles. The largest absolute Gasteiger partial charge is 0.494 e. The first-order valence-electron chi connectivity index (χ1n) is 10.7. The predicted molar refractivity (Wildman–Crippen MR) is 127 cm³/mol. The van der Waals surface area contributed by atoms with E-state index in [4.69, 9.17) is 21.3 Å². The number of amides is 1. The molecule has 1 amide bonds. The van der Waals surface area contributed by atoms with E-state index in [-0.39, 0.29) is 5.91 Å². The summed E-state index contributed by atoms with van der Waals surface area (Å²) in [6.07, 6.45) is 5.79. The van der Waals surface area contributed by atoms with Crippen molar-refractivity contribution in [1.29, 1.82) is 0 Å². The molecule has 0 spiro atoms. The summed E-state index contributed by atoms with van der Waals surface area (Å²) in [5.41, 5.74) is 4.19. The Morgan fingerprint density at radius 2 is 1.94 bits per heavy atom. The number of carbonyl (C=O) groups excluding carboxylic acids is 1. The molecule has 5 nitrogen and oxygen atoms in total. The molecule has 31 heavy (non-hydrogen) atoms. The molecule has 3 rings (SSSR count). The topological polar surface area (TPSA) is 56.2 Å². The zero-order valence-electron chi connectivity index (χ0n) is 18.5. The summed E-state index contributed by atoms with van der Waals surface area (Å²) in [5.74, 6) is 1.84. The fraction of sp³-hybridized carbons (Fsp3) is 0.360. The number of imidazole rings is 1. The van der Waals surface area contributed by atoms with Crippen LogP contribution < -0.4 is 10.1 Å². The van der Waals surface area contributed by atoms with Crippen LogP contribution in [0.3, 0.4) is 0 Å². The van der Waals surface area contributed by atoms with Crippen LogP contribution in [0.4, 0.5) is 0 Å². The van der Waals surface area contributed by atoms with E-state index in [0.29, 0.717) is 13.2 Å². The molecule has 0 aliphatic carbocycles. The highest BCUT2D eigenvalue weighted by molar-refractivity contribution is 6.32. The maximum Gasteiger partial charge on any atom is 0.243 e. The van der Waals surface area contributed by atoms with Gasteiger partial charge in [-0.3, -0.25) is 4.79 Å². The summed E-state index contributed by atoms with van der Waals surface area (Å²) in [5, 5.41) is 3.69. The molecule has 164 valence electrons. The molecular formula is C25H30ClN3O2. The Balaban J connectivity index is 1.60. The molecule has 0 aliphatic heterocycles. The van der Waals surface area contributed by atoms with Gasteiger partial charge in [-0.1, -0.05) is 29.8 Å². The van der Waals surface area contributed by atoms with Crippen LogP contribution in [0.25, 0.3) is 11.0 Å². The fourth-order valence-corrected chi connectivity index (χ4v) is 3.75. The van der Waals surface area contributed by atoms with Gasteiger partial charge in [0.2, 0.25) is 5.91 Å². The van der Waals surface area contributed by atoms with E-state index in [2.05, 4.69) is 16.0 Å². The zero-order valence-corrected chi connectivity index (χ0v) is 19.2. The first-order valence-corrected chi connectivity index (χ1v) is 11.1. The van der Waals surface area contributed by atoms with Crippen LogP contribution in [-0.2, 0) is 17.8 Å². The third-order valence-electron chi connectivity index (χ3n) is 5.13. The Hall–Kier alpha value is -2.79. The number of nitrogens with one attached hydrogen (secondary N) is 1. The van der Waals surface area contributed by atoms with Gasteiger partial charge in [0.25, 0.3) is 0 Å².